The molecule has 2 fully saturated rings. The van der Waals surface area contributed by atoms with Gasteiger partial charge >= 0.3 is 6.09 Å². The maximum Gasteiger partial charge on any atom is 0.410 e. The fourth-order valence-electron chi connectivity index (χ4n) is 4.09. The van der Waals surface area contributed by atoms with Gasteiger partial charge in [0.1, 0.15) is 5.60 Å². The number of aliphatic hydroxyl groups is 1. The van der Waals surface area contributed by atoms with Crippen LogP contribution >= 0.6 is 0 Å². The van der Waals surface area contributed by atoms with Crippen LogP contribution in [0.4, 0.5) is 4.79 Å². The zero-order valence-corrected chi connectivity index (χ0v) is 16.3. The van der Waals surface area contributed by atoms with E-state index in [1.165, 1.54) is 5.56 Å². The fourth-order valence-corrected chi connectivity index (χ4v) is 4.09. The summed E-state index contributed by atoms with van der Waals surface area (Å²) in [5, 5.41) is 10.8. The molecular weight excluding hydrogens is 328 g/mol. The van der Waals surface area contributed by atoms with E-state index < -0.39 is 11.7 Å². The summed E-state index contributed by atoms with van der Waals surface area (Å²) in [5.74, 6) is 0. The minimum absolute atomic E-state index is 0.0499. The van der Waals surface area contributed by atoms with Gasteiger partial charge < -0.3 is 14.7 Å². The molecule has 1 N–H and O–H groups in total. The summed E-state index contributed by atoms with van der Waals surface area (Å²) in [7, 11) is 0. The van der Waals surface area contributed by atoms with Crippen LogP contribution in [0, 0.1) is 5.41 Å². The number of aliphatic hydroxyl groups excluding tert-OH is 1. The van der Waals surface area contributed by atoms with Gasteiger partial charge in [0.15, 0.2) is 0 Å². The average molecular weight is 360 g/mol. The molecule has 2 saturated heterocycles. The van der Waals surface area contributed by atoms with Crippen LogP contribution in [-0.4, -0.2) is 58.9 Å². The first kappa shape index (κ1) is 19.2. The number of β-amino-alcohol motifs (C(OH)–C–C–N with tert-alkyl or cyclic N) is 1. The number of piperidine rings is 2. The van der Waals surface area contributed by atoms with Gasteiger partial charge in [-0.3, -0.25) is 4.90 Å². The minimum atomic E-state index is -0.500. The molecule has 0 aliphatic carbocycles. The van der Waals surface area contributed by atoms with Crippen LogP contribution < -0.4 is 0 Å². The Labute approximate surface area is 156 Å². The highest BCUT2D eigenvalue weighted by Crippen LogP contribution is 2.42. The van der Waals surface area contributed by atoms with E-state index in [0.717, 1.165) is 38.9 Å². The number of rotatable bonds is 2. The molecule has 0 bridgehead atoms. The van der Waals surface area contributed by atoms with Crippen molar-refractivity contribution in [1.29, 1.82) is 0 Å². The van der Waals surface area contributed by atoms with Crippen LogP contribution in [0.2, 0.25) is 0 Å². The summed E-state index contributed by atoms with van der Waals surface area (Å²) in [6, 6.07) is 10.5. The fraction of sp³-hybridized carbons (Fsp3) is 0.667. The van der Waals surface area contributed by atoms with Crippen molar-refractivity contribution in [3.05, 3.63) is 35.9 Å². The van der Waals surface area contributed by atoms with E-state index in [9.17, 15) is 9.90 Å². The molecule has 0 radical (unpaired) electrons. The first-order chi connectivity index (χ1) is 12.3. The molecule has 2 heterocycles. The van der Waals surface area contributed by atoms with Crippen molar-refractivity contribution in [2.45, 2.75) is 58.3 Å². The van der Waals surface area contributed by atoms with Crippen LogP contribution in [0.1, 0.15) is 45.6 Å². The zero-order chi connectivity index (χ0) is 18.8. The Morgan fingerprint density at radius 2 is 1.77 bits per heavy atom. The second-order valence-electron chi connectivity index (χ2n) is 8.82. The number of likely N-dealkylation sites (tertiary alicyclic amines) is 2. The van der Waals surface area contributed by atoms with E-state index in [4.69, 9.17) is 4.74 Å². The number of benzene rings is 1. The van der Waals surface area contributed by atoms with Crippen molar-refractivity contribution in [2.75, 3.05) is 26.2 Å². The molecule has 1 unspecified atom stereocenters. The molecule has 5 heteroatoms. The van der Waals surface area contributed by atoms with E-state index in [2.05, 4.69) is 29.2 Å². The van der Waals surface area contributed by atoms with Crippen molar-refractivity contribution < 1.29 is 14.6 Å². The Bertz CT molecular complexity index is 603. The number of ether oxygens (including phenoxy) is 1. The highest BCUT2D eigenvalue weighted by atomic mass is 16.6. The summed E-state index contributed by atoms with van der Waals surface area (Å²) in [5.41, 5.74) is 0.787. The quantitative estimate of drug-likeness (QED) is 0.879. The molecule has 1 spiro atoms. The smallest absolute Gasteiger partial charge is 0.410 e. The van der Waals surface area contributed by atoms with E-state index in [0.29, 0.717) is 13.1 Å². The summed E-state index contributed by atoms with van der Waals surface area (Å²) in [6.07, 6.45) is 2.05. The Morgan fingerprint density at radius 1 is 1.15 bits per heavy atom. The molecule has 144 valence electrons. The van der Waals surface area contributed by atoms with Crippen molar-refractivity contribution in [3.63, 3.8) is 0 Å². The van der Waals surface area contributed by atoms with Crippen molar-refractivity contribution >= 4 is 6.09 Å². The number of hydrogen-bond acceptors (Lipinski definition) is 4. The zero-order valence-electron chi connectivity index (χ0n) is 16.3. The monoisotopic (exact) mass is 360 g/mol. The lowest BCUT2D eigenvalue weighted by Gasteiger charge is -2.49. The van der Waals surface area contributed by atoms with Gasteiger partial charge in [0.25, 0.3) is 0 Å². The Balaban J connectivity index is 1.52. The molecule has 1 atom stereocenters. The Kier molecular flexibility index (Phi) is 5.58. The van der Waals surface area contributed by atoms with Crippen LogP contribution in [0.5, 0.6) is 0 Å². The largest absolute Gasteiger partial charge is 0.444 e. The first-order valence-corrected chi connectivity index (χ1v) is 9.70. The summed E-state index contributed by atoms with van der Waals surface area (Å²) < 4.78 is 5.45. The normalized spacial score (nSPS) is 23.8. The number of carbonyl (C=O) groups is 1. The molecule has 2 aliphatic rings. The van der Waals surface area contributed by atoms with Gasteiger partial charge in [-0.2, -0.15) is 0 Å². The number of carbonyl (C=O) groups excluding carboxylic acids is 1. The topological polar surface area (TPSA) is 53.0 Å². The third kappa shape index (κ3) is 4.57. The lowest BCUT2D eigenvalue weighted by atomic mass is 9.69. The molecule has 5 nitrogen and oxygen atoms in total. The number of nitrogens with zero attached hydrogens (tertiary/aromatic N) is 2. The lowest BCUT2D eigenvalue weighted by Crippen LogP contribution is -2.56. The third-order valence-corrected chi connectivity index (χ3v) is 5.73. The number of amides is 1. The molecule has 3 rings (SSSR count). The SMILES string of the molecule is CC(C)(C)OC(=O)N1CCC2(CCN(Cc3ccccc3)CC2)C(O)C1. The van der Waals surface area contributed by atoms with Crippen LogP contribution in [0.25, 0.3) is 0 Å². The molecule has 1 aromatic rings. The molecular formula is C21H32N2O3. The van der Waals surface area contributed by atoms with Gasteiger partial charge in [-0.1, -0.05) is 30.3 Å². The maximum atomic E-state index is 12.3. The predicted molar refractivity (Wildman–Crippen MR) is 102 cm³/mol. The first-order valence-electron chi connectivity index (χ1n) is 9.70. The number of hydrogen-bond donors (Lipinski definition) is 1. The Morgan fingerprint density at radius 3 is 2.35 bits per heavy atom. The second-order valence-corrected chi connectivity index (χ2v) is 8.82. The van der Waals surface area contributed by atoms with Gasteiger partial charge in [0.2, 0.25) is 0 Å². The van der Waals surface area contributed by atoms with Gasteiger partial charge in [-0.25, -0.2) is 4.79 Å². The lowest BCUT2D eigenvalue weighted by molar-refractivity contribution is -0.0804. The Hall–Kier alpha value is -1.59. The van der Waals surface area contributed by atoms with Gasteiger partial charge in [0.05, 0.1) is 12.6 Å². The van der Waals surface area contributed by atoms with Crippen molar-refractivity contribution in [3.8, 4) is 0 Å². The molecule has 0 aromatic heterocycles. The standard InChI is InChI=1S/C21H32N2O3/c1-20(2,3)26-19(25)23-14-11-21(18(24)16-23)9-12-22(13-10-21)15-17-7-5-4-6-8-17/h4-8,18,24H,9-16H2,1-3H3. The van der Waals surface area contributed by atoms with Gasteiger partial charge in [0, 0.05) is 18.5 Å². The molecule has 0 saturated carbocycles. The van der Waals surface area contributed by atoms with E-state index in [1.54, 1.807) is 4.90 Å². The minimum Gasteiger partial charge on any atom is -0.444 e. The molecule has 2 aliphatic heterocycles. The molecule has 1 aromatic carbocycles. The summed E-state index contributed by atoms with van der Waals surface area (Å²) >= 11 is 0. The molecule has 26 heavy (non-hydrogen) atoms. The van der Waals surface area contributed by atoms with Crippen LogP contribution in [-0.2, 0) is 11.3 Å². The highest BCUT2D eigenvalue weighted by molar-refractivity contribution is 5.68. The van der Waals surface area contributed by atoms with Gasteiger partial charge in [-0.15, -0.1) is 0 Å². The van der Waals surface area contributed by atoms with Crippen molar-refractivity contribution in [1.82, 2.24) is 9.80 Å². The van der Waals surface area contributed by atoms with Crippen LogP contribution in [0.3, 0.4) is 0 Å². The predicted octanol–water partition coefficient (Wildman–Crippen LogP) is 3.27. The third-order valence-electron chi connectivity index (χ3n) is 5.73. The van der Waals surface area contributed by atoms with E-state index in [-0.39, 0.29) is 11.5 Å². The molecule has 1 amide bonds. The second kappa shape index (κ2) is 7.57. The van der Waals surface area contributed by atoms with Crippen LogP contribution in [0.15, 0.2) is 30.3 Å². The van der Waals surface area contributed by atoms with E-state index >= 15 is 0 Å². The summed E-state index contributed by atoms with van der Waals surface area (Å²) in [6.45, 7) is 9.63. The average Bonchev–Trinajstić information content (AvgIpc) is 2.59. The van der Waals surface area contributed by atoms with Crippen molar-refractivity contribution in [2.24, 2.45) is 5.41 Å². The van der Waals surface area contributed by atoms with Gasteiger partial charge in [-0.05, 0) is 58.7 Å². The van der Waals surface area contributed by atoms with E-state index in [1.807, 2.05) is 26.8 Å². The maximum absolute atomic E-state index is 12.3. The summed E-state index contributed by atoms with van der Waals surface area (Å²) in [4.78, 5) is 16.4. The highest BCUT2D eigenvalue weighted by Gasteiger charge is 2.45.